The molecule has 7 heteroatoms. The summed E-state index contributed by atoms with van der Waals surface area (Å²) in [5.74, 6) is -0.847. The smallest absolute Gasteiger partial charge is 0.337 e. The third-order valence-corrected chi connectivity index (χ3v) is 5.40. The number of carbonyl (C=O) groups is 3. The number of benzene rings is 2. The average Bonchev–Trinajstić information content (AvgIpc) is 2.78. The van der Waals surface area contributed by atoms with Crippen molar-refractivity contribution in [2.75, 3.05) is 32.6 Å². The lowest BCUT2D eigenvalue weighted by Crippen LogP contribution is -2.33. The molecule has 1 saturated heterocycles. The average molecular weight is 424 g/mol. The van der Waals surface area contributed by atoms with Gasteiger partial charge in [-0.25, -0.2) is 9.59 Å². The van der Waals surface area contributed by atoms with E-state index in [-0.39, 0.29) is 17.0 Å². The Kier molecular flexibility index (Phi) is 7.41. The number of piperidine rings is 1. The Hall–Kier alpha value is -3.19. The molecule has 164 valence electrons. The summed E-state index contributed by atoms with van der Waals surface area (Å²) < 4.78 is 9.45. The van der Waals surface area contributed by atoms with Crippen LogP contribution in [0.25, 0.3) is 0 Å². The first-order valence-corrected chi connectivity index (χ1v) is 10.3. The second kappa shape index (κ2) is 10.2. The fourth-order valence-corrected chi connectivity index (χ4v) is 3.82. The van der Waals surface area contributed by atoms with Crippen LogP contribution in [0.2, 0.25) is 0 Å². The number of ether oxygens (including phenoxy) is 2. The highest BCUT2D eigenvalue weighted by molar-refractivity contribution is 6.06. The normalized spacial score (nSPS) is 16.4. The van der Waals surface area contributed by atoms with Crippen LogP contribution in [-0.4, -0.2) is 50.1 Å². The second-order valence-corrected chi connectivity index (χ2v) is 7.92. The van der Waals surface area contributed by atoms with Gasteiger partial charge in [0.1, 0.15) is 0 Å². The van der Waals surface area contributed by atoms with E-state index in [0.717, 1.165) is 31.1 Å². The van der Waals surface area contributed by atoms with Gasteiger partial charge in [-0.3, -0.25) is 9.69 Å². The van der Waals surface area contributed by atoms with Crippen molar-refractivity contribution in [1.82, 2.24) is 4.90 Å². The third kappa shape index (κ3) is 5.92. The molecule has 0 saturated carbocycles. The first-order valence-electron chi connectivity index (χ1n) is 10.3. The van der Waals surface area contributed by atoms with E-state index in [4.69, 9.17) is 9.47 Å². The van der Waals surface area contributed by atoms with Gasteiger partial charge < -0.3 is 14.8 Å². The van der Waals surface area contributed by atoms with Crippen LogP contribution < -0.4 is 5.32 Å². The molecule has 0 radical (unpaired) electrons. The lowest BCUT2D eigenvalue weighted by atomic mass is 9.99. The van der Waals surface area contributed by atoms with Gasteiger partial charge in [0.05, 0.1) is 25.3 Å². The summed E-state index contributed by atoms with van der Waals surface area (Å²) >= 11 is 0. The van der Waals surface area contributed by atoms with Crippen molar-refractivity contribution in [3.63, 3.8) is 0 Å². The van der Waals surface area contributed by atoms with E-state index in [1.54, 1.807) is 12.1 Å². The maximum absolute atomic E-state index is 12.7. The van der Waals surface area contributed by atoms with Gasteiger partial charge in [-0.15, -0.1) is 0 Å². The quantitative estimate of drug-likeness (QED) is 0.711. The number of nitrogens with zero attached hydrogens (tertiary/aromatic N) is 1. The number of carbonyl (C=O) groups excluding carboxylic acids is 3. The maximum atomic E-state index is 12.7. The Balaban J connectivity index is 1.71. The first-order chi connectivity index (χ1) is 14.9. The van der Waals surface area contributed by atoms with E-state index >= 15 is 0 Å². The molecule has 1 heterocycles. The molecular weight excluding hydrogens is 396 g/mol. The monoisotopic (exact) mass is 424 g/mol. The van der Waals surface area contributed by atoms with Crippen LogP contribution in [0.5, 0.6) is 0 Å². The van der Waals surface area contributed by atoms with Crippen molar-refractivity contribution >= 4 is 23.5 Å². The third-order valence-electron chi connectivity index (χ3n) is 5.40. The molecule has 2 aromatic rings. The minimum Gasteiger partial charge on any atom is -0.465 e. The Morgan fingerprint density at radius 3 is 2.13 bits per heavy atom. The van der Waals surface area contributed by atoms with Crippen molar-refractivity contribution in [3.05, 3.63) is 64.7 Å². The summed E-state index contributed by atoms with van der Waals surface area (Å²) in [4.78, 5) is 39.0. The van der Waals surface area contributed by atoms with E-state index in [1.807, 2.05) is 12.1 Å². The Morgan fingerprint density at radius 1 is 0.968 bits per heavy atom. The predicted molar refractivity (Wildman–Crippen MR) is 117 cm³/mol. The number of hydrogen-bond acceptors (Lipinski definition) is 6. The number of anilines is 1. The molecule has 0 bridgehead atoms. The first kappa shape index (κ1) is 22.5. The number of esters is 2. The lowest BCUT2D eigenvalue weighted by molar-refractivity contribution is 0.0599. The number of likely N-dealkylation sites (tertiary alicyclic amines) is 1. The van der Waals surface area contributed by atoms with Crippen molar-refractivity contribution in [2.24, 2.45) is 5.92 Å². The Bertz CT molecular complexity index is 921. The van der Waals surface area contributed by atoms with Crippen LogP contribution in [0.3, 0.4) is 0 Å². The molecule has 1 N–H and O–H groups in total. The predicted octanol–water partition coefficient (Wildman–Crippen LogP) is 3.74. The van der Waals surface area contributed by atoms with Crippen LogP contribution >= 0.6 is 0 Å². The van der Waals surface area contributed by atoms with Gasteiger partial charge in [-0.2, -0.15) is 0 Å². The van der Waals surface area contributed by atoms with Gasteiger partial charge in [0.2, 0.25) is 0 Å². The largest absolute Gasteiger partial charge is 0.465 e. The van der Waals surface area contributed by atoms with Gasteiger partial charge in [-0.1, -0.05) is 19.1 Å². The summed E-state index contributed by atoms with van der Waals surface area (Å²) in [6, 6.07) is 11.8. The van der Waals surface area contributed by atoms with Crippen molar-refractivity contribution < 1.29 is 23.9 Å². The van der Waals surface area contributed by atoms with Gasteiger partial charge in [0.15, 0.2) is 0 Å². The van der Waals surface area contributed by atoms with Gasteiger partial charge >= 0.3 is 11.9 Å². The molecule has 0 aliphatic carbocycles. The molecule has 31 heavy (non-hydrogen) atoms. The highest BCUT2D eigenvalue weighted by Crippen LogP contribution is 2.20. The fourth-order valence-electron chi connectivity index (χ4n) is 3.82. The summed E-state index contributed by atoms with van der Waals surface area (Å²) in [6.45, 7) is 5.35. The molecule has 7 nitrogen and oxygen atoms in total. The summed E-state index contributed by atoms with van der Waals surface area (Å²) in [5, 5.41) is 2.74. The van der Waals surface area contributed by atoms with Crippen LogP contribution in [-0.2, 0) is 16.0 Å². The number of hydrogen-bond donors (Lipinski definition) is 1. The van der Waals surface area contributed by atoms with E-state index < -0.39 is 11.9 Å². The van der Waals surface area contributed by atoms with Crippen molar-refractivity contribution in [2.45, 2.75) is 26.3 Å². The number of nitrogens with one attached hydrogen (secondary N) is 1. The molecular formula is C24H28N2O5. The molecule has 2 aromatic carbocycles. The molecule has 1 aliphatic heterocycles. The molecule has 1 amide bonds. The van der Waals surface area contributed by atoms with Gasteiger partial charge in [0, 0.05) is 24.3 Å². The van der Waals surface area contributed by atoms with E-state index in [2.05, 4.69) is 17.1 Å². The van der Waals surface area contributed by atoms with Crippen LogP contribution in [0, 0.1) is 5.92 Å². The molecule has 0 spiro atoms. The molecule has 0 unspecified atom stereocenters. The number of rotatable bonds is 6. The fraction of sp³-hybridized carbons (Fsp3) is 0.375. The number of amides is 1. The summed E-state index contributed by atoms with van der Waals surface area (Å²) in [5.41, 5.74) is 2.24. The summed E-state index contributed by atoms with van der Waals surface area (Å²) in [6.07, 6.45) is 2.50. The highest BCUT2D eigenvalue weighted by Gasteiger charge is 2.17. The zero-order chi connectivity index (χ0) is 22.4. The topological polar surface area (TPSA) is 84.9 Å². The van der Waals surface area contributed by atoms with Gasteiger partial charge in [0.25, 0.3) is 5.91 Å². The maximum Gasteiger partial charge on any atom is 0.337 e. The van der Waals surface area contributed by atoms with E-state index in [9.17, 15) is 14.4 Å². The molecule has 1 aliphatic rings. The minimum atomic E-state index is -0.613. The molecule has 3 rings (SSSR count). The highest BCUT2D eigenvalue weighted by atomic mass is 16.5. The lowest BCUT2D eigenvalue weighted by Gasteiger charge is -2.30. The summed E-state index contributed by atoms with van der Waals surface area (Å²) in [7, 11) is 2.50. The second-order valence-electron chi connectivity index (χ2n) is 7.92. The van der Waals surface area contributed by atoms with Crippen LogP contribution in [0.1, 0.15) is 56.4 Å². The van der Waals surface area contributed by atoms with Crippen molar-refractivity contribution in [3.8, 4) is 0 Å². The molecule has 1 atom stereocenters. The van der Waals surface area contributed by atoms with Crippen LogP contribution in [0.4, 0.5) is 5.69 Å². The van der Waals surface area contributed by atoms with Crippen LogP contribution in [0.15, 0.2) is 42.5 Å². The zero-order valence-electron chi connectivity index (χ0n) is 18.1. The van der Waals surface area contributed by atoms with Gasteiger partial charge in [-0.05, 0) is 61.2 Å². The zero-order valence-corrected chi connectivity index (χ0v) is 18.1. The Morgan fingerprint density at radius 2 is 1.58 bits per heavy atom. The minimum absolute atomic E-state index is 0.145. The van der Waals surface area contributed by atoms with E-state index in [1.165, 1.54) is 45.3 Å². The Labute approximate surface area is 182 Å². The van der Waals surface area contributed by atoms with Crippen molar-refractivity contribution in [1.29, 1.82) is 0 Å². The standard InChI is InChI=1S/C24H28N2O5/c1-16-5-4-10-26(14-16)15-17-6-8-18(9-7-17)22(27)25-21-12-19(23(28)30-2)11-20(13-21)24(29)31-3/h6-9,11-13,16H,4-5,10,14-15H2,1-3H3,(H,25,27)/t16-/m1/s1. The molecule has 0 aromatic heterocycles. The number of methoxy groups -OCH3 is 2. The SMILES string of the molecule is COC(=O)c1cc(NC(=O)c2ccc(CN3CCC[C@@H](C)C3)cc2)cc(C(=O)OC)c1. The van der Waals surface area contributed by atoms with E-state index in [0.29, 0.717) is 11.3 Å². The molecule has 1 fully saturated rings.